The molecular formula is C71H54BN3O3. The highest BCUT2D eigenvalue weighted by atomic mass is 16.3. The first kappa shape index (κ1) is 45.0. The van der Waals surface area contributed by atoms with Crippen molar-refractivity contribution in [3.05, 3.63) is 223 Å². The van der Waals surface area contributed by atoms with Crippen LogP contribution >= 0.6 is 0 Å². The van der Waals surface area contributed by atoms with Crippen LogP contribution in [0.5, 0.6) is 0 Å². The third-order valence-corrected chi connectivity index (χ3v) is 17.0. The molecule has 0 saturated carbocycles. The van der Waals surface area contributed by atoms with Crippen molar-refractivity contribution >= 4 is 128 Å². The molecule has 10 aromatic carbocycles. The molecule has 0 unspecified atom stereocenters. The summed E-state index contributed by atoms with van der Waals surface area (Å²) in [7, 11) is 0. The summed E-state index contributed by atoms with van der Waals surface area (Å²) in [5.41, 5.74) is 21.6. The highest BCUT2D eigenvalue weighted by Crippen LogP contribution is 2.53. The first-order valence-corrected chi connectivity index (χ1v) is 27.3. The zero-order valence-electron chi connectivity index (χ0n) is 44.5. The topological polar surface area (TPSA) is 50.8 Å². The van der Waals surface area contributed by atoms with Crippen molar-refractivity contribution in [2.75, 3.05) is 9.80 Å². The van der Waals surface area contributed by atoms with Crippen LogP contribution in [0.2, 0.25) is 0 Å². The second kappa shape index (κ2) is 16.2. The third kappa shape index (κ3) is 6.39. The Bertz CT molecular complexity index is 4810. The lowest BCUT2D eigenvalue weighted by Crippen LogP contribution is -2.52. The molecule has 14 aromatic rings. The summed E-state index contributed by atoms with van der Waals surface area (Å²) in [5, 5.41) is 7.73. The molecule has 0 N–H and O–H groups in total. The maximum Gasteiger partial charge on any atom is 0.225 e. The third-order valence-electron chi connectivity index (χ3n) is 17.0. The first-order valence-electron chi connectivity index (χ1n) is 27.3. The highest BCUT2D eigenvalue weighted by Gasteiger charge is 2.44. The molecule has 2 aliphatic heterocycles. The minimum Gasteiger partial charge on any atom is -0.459 e. The molecule has 6 heterocycles. The number of anilines is 6. The summed E-state index contributed by atoms with van der Waals surface area (Å²) in [6, 6.07) is 75.6. The zero-order valence-corrected chi connectivity index (χ0v) is 44.5. The number of para-hydroxylation sites is 5. The molecule has 374 valence electrons. The van der Waals surface area contributed by atoms with Crippen LogP contribution in [0.3, 0.4) is 0 Å². The van der Waals surface area contributed by atoms with Gasteiger partial charge >= 0.3 is 0 Å². The molecule has 0 fully saturated rings. The van der Waals surface area contributed by atoms with E-state index >= 15 is 0 Å². The molecule has 78 heavy (non-hydrogen) atoms. The maximum atomic E-state index is 7.48. The Kier molecular flexibility index (Phi) is 9.34. The number of benzene rings is 10. The maximum absolute atomic E-state index is 7.48. The summed E-state index contributed by atoms with van der Waals surface area (Å²) in [4.78, 5) is 5.07. The molecular weight excluding hydrogens is 954 g/mol. The molecule has 4 aromatic heterocycles. The van der Waals surface area contributed by atoms with Crippen molar-refractivity contribution < 1.29 is 13.3 Å². The quantitative estimate of drug-likeness (QED) is 0.164. The van der Waals surface area contributed by atoms with Crippen molar-refractivity contribution in [1.29, 1.82) is 0 Å². The predicted molar refractivity (Wildman–Crippen MR) is 326 cm³/mol. The summed E-state index contributed by atoms with van der Waals surface area (Å²) in [5.74, 6) is 0.944. The number of fused-ring (bicyclic) bond motifs is 16. The van der Waals surface area contributed by atoms with Crippen LogP contribution in [0, 0.1) is 0 Å². The second-order valence-electron chi connectivity index (χ2n) is 23.6. The Morgan fingerprint density at radius 2 is 0.962 bits per heavy atom. The van der Waals surface area contributed by atoms with Gasteiger partial charge in [-0.05, 0) is 118 Å². The van der Waals surface area contributed by atoms with E-state index in [9.17, 15) is 0 Å². The molecule has 6 nitrogen and oxygen atoms in total. The van der Waals surface area contributed by atoms with Crippen LogP contribution in [0.25, 0.3) is 93.5 Å². The lowest BCUT2D eigenvalue weighted by Gasteiger charge is -2.39. The molecule has 0 spiro atoms. The van der Waals surface area contributed by atoms with E-state index in [2.05, 4.69) is 250 Å². The molecule has 16 rings (SSSR count). The average Bonchev–Trinajstić information content (AvgIpc) is 4.34. The van der Waals surface area contributed by atoms with Gasteiger partial charge in [0.1, 0.15) is 33.7 Å². The van der Waals surface area contributed by atoms with E-state index in [1.54, 1.807) is 0 Å². The normalized spacial score (nSPS) is 13.6. The van der Waals surface area contributed by atoms with Gasteiger partial charge in [0, 0.05) is 66.2 Å². The molecule has 0 amide bonds. The highest BCUT2D eigenvalue weighted by molar-refractivity contribution is 6.89. The molecule has 7 heteroatoms. The average molecular weight is 1010 g/mol. The molecule has 0 radical (unpaired) electrons. The zero-order chi connectivity index (χ0) is 52.3. The Hall–Kier alpha value is -9.20. The van der Waals surface area contributed by atoms with Crippen molar-refractivity contribution in [2.24, 2.45) is 0 Å². The Labute approximate surface area is 452 Å². The van der Waals surface area contributed by atoms with Gasteiger partial charge in [-0.2, -0.15) is 0 Å². The van der Waals surface area contributed by atoms with Crippen molar-refractivity contribution in [1.82, 2.24) is 4.57 Å². The number of aromatic nitrogens is 1. The lowest BCUT2D eigenvalue weighted by molar-refractivity contribution is 0.575. The van der Waals surface area contributed by atoms with Crippen molar-refractivity contribution in [3.8, 4) is 16.8 Å². The van der Waals surface area contributed by atoms with Crippen molar-refractivity contribution in [3.63, 3.8) is 0 Å². The van der Waals surface area contributed by atoms with Crippen LogP contribution in [0.1, 0.15) is 58.4 Å². The fourth-order valence-electron chi connectivity index (χ4n) is 13.3. The number of hydrogen-bond acceptors (Lipinski definition) is 5. The number of furan rings is 3. The molecule has 2 aliphatic rings. The van der Waals surface area contributed by atoms with Crippen LogP contribution in [0.4, 0.5) is 34.1 Å². The largest absolute Gasteiger partial charge is 0.459 e. The monoisotopic (exact) mass is 1010 g/mol. The van der Waals surface area contributed by atoms with Gasteiger partial charge < -0.3 is 27.6 Å². The summed E-state index contributed by atoms with van der Waals surface area (Å²) in [6.45, 7) is 13.6. The molecule has 0 saturated heterocycles. The Morgan fingerprint density at radius 1 is 0.385 bits per heavy atom. The van der Waals surface area contributed by atoms with E-state index in [0.717, 1.165) is 117 Å². The van der Waals surface area contributed by atoms with Crippen LogP contribution in [0.15, 0.2) is 220 Å². The Morgan fingerprint density at radius 3 is 1.68 bits per heavy atom. The summed E-state index contributed by atoms with van der Waals surface area (Å²) in [6.07, 6.45) is 0.639. The van der Waals surface area contributed by atoms with Gasteiger partial charge in [0.25, 0.3) is 0 Å². The van der Waals surface area contributed by atoms with Crippen LogP contribution in [-0.2, 0) is 17.2 Å². The fourth-order valence-corrected chi connectivity index (χ4v) is 13.3. The van der Waals surface area contributed by atoms with E-state index in [-0.39, 0.29) is 17.5 Å². The van der Waals surface area contributed by atoms with E-state index in [0.29, 0.717) is 6.32 Å². The summed E-state index contributed by atoms with van der Waals surface area (Å²) >= 11 is 0. The van der Waals surface area contributed by atoms with Gasteiger partial charge in [-0.15, -0.1) is 0 Å². The smallest absolute Gasteiger partial charge is 0.225 e. The number of hydrogen-bond donors (Lipinski definition) is 0. The van der Waals surface area contributed by atoms with Crippen molar-refractivity contribution in [2.45, 2.75) is 58.7 Å². The fraction of sp³-hybridized carbons (Fsp3) is 0.127. The van der Waals surface area contributed by atoms with Crippen LogP contribution < -0.4 is 20.7 Å². The van der Waals surface area contributed by atoms with Gasteiger partial charge in [0.2, 0.25) is 6.71 Å². The predicted octanol–water partition coefficient (Wildman–Crippen LogP) is 18.5. The first-order chi connectivity index (χ1) is 38.0. The van der Waals surface area contributed by atoms with Gasteiger partial charge in [-0.25, -0.2) is 0 Å². The molecule has 0 bridgehead atoms. The number of nitrogens with zero attached hydrogens (tertiary/aromatic N) is 3. The standard InChI is InChI=1S/C71H54BN3O3/c1-70(2,3)42-29-33-44(34-30-42)73-57-25-16-26-58-65(57)72(41-62-66(73)52-37-40-61-64(69(52)78-62)51-20-10-14-28-60(51)76-61)53-38-39-56-63(67(53)74(58)45-35-31-43(32-36-45)71(4,5)6)50-19-8-12-24-55(50)75(56)54-23-11-7-17-46(54)48-21-15-22-49-47-18-9-13-27-59(47)77-68(48)49/h7-40H,41H2,1-6H3. The van der Waals surface area contributed by atoms with E-state index in [1.165, 1.54) is 38.5 Å². The van der Waals surface area contributed by atoms with E-state index in [1.807, 2.05) is 12.1 Å². The van der Waals surface area contributed by atoms with Gasteiger partial charge in [-0.3, -0.25) is 0 Å². The van der Waals surface area contributed by atoms with E-state index in [4.69, 9.17) is 13.3 Å². The van der Waals surface area contributed by atoms with Crippen LogP contribution in [-0.4, -0.2) is 11.3 Å². The summed E-state index contributed by atoms with van der Waals surface area (Å²) < 4.78 is 23.2. The molecule has 0 aliphatic carbocycles. The van der Waals surface area contributed by atoms with Gasteiger partial charge in [-0.1, -0.05) is 169 Å². The van der Waals surface area contributed by atoms with Gasteiger partial charge in [0.05, 0.1) is 33.5 Å². The lowest BCUT2D eigenvalue weighted by atomic mass is 9.36. The minimum absolute atomic E-state index is 0.0123. The van der Waals surface area contributed by atoms with E-state index < -0.39 is 0 Å². The Balaban J connectivity index is 0.995. The SMILES string of the molecule is CC(C)(C)c1ccc(N2c3cccc4c3B(Cc3oc5c(ccc6oc7ccccc7c65)c32)c2ccc3c(c2N4c2ccc(C(C)(C)C)cc2)c2ccccc2n3-c2ccccc2-c2cccc3c2oc2ccccc23)cc1. The minimum atomic E-state index is -0.0875. The molecule has 0 atom stereocenters. The second-order valence-corrected chi connectivity index (χ2v) is 23.6. The van der Waals surface area contributed by atoms with Gasteiger partial charge in [0.15, 0.2) is 0 Å². The number of rotatable bonds is 4.